The Kier molecular flexibility index (Phi) is 6.89. The quantitative estimate of drug-likeness (QED) is 0.346. The van der Waals surface area contributed by atoms with Crippen LogP contribution in [0.5, 0.6) is 5.75 Å². The summed E-state index contributed by atoms with van der Waals surface area (Å²) in [6.45, 7) is 0. The normalized spacial score (nSPS) is 11.1. The van der Waals surface area contributed by atoms with Crippen LogP contribution in [0.25, 0.3) is 16.9 Å². The van der Waals surface area contributed by atoms with Crippen molar-refractivity contribution in [3.8, 4) is 22.7 Å². The second kappa shape index (κ2) is 10.0. The van der Waals surface area contributed by atoms with Gasteiger partial charge in [0.1, 0.15) is 17.0 Å². The molecule has 184 valence electrons. The first-order valence-corrected chi connectivity index (χ1v) is 12.2. The van der Waals surface area contributed by atoms with Crippen LogP contribution in [0.3, 0.4) is 0 Å². The molecule has 0 aliphatic heterocycles. The lowest BCUT2D eigenvalue weighted by Gasteiger charge is -2.12. The van der Waals surface area contributed by atoms with Gasteiger partial charge in [0.2, 0.25) is 9.84 Å². The fourth-order valence-electron chi connectivity index (χ4n) is 3.72. The van der Waals surface area contributed by atoms with Gasteiger partial charge in [-0.05, 0) is 42.5 Å². The molecule has 0 aliphatic carbocycles. The third kappa shape index (κ3) is 4.34. The first-order valence-electron chi connectivity index (χ1n) is 10.7. The van der Waals surface area contributed by atoms with E-state index < -0.39 is 21.8 Å². The van der Waals surface area contributed by atoms with Gasteiger partial charge in [-0.2, -0.15) is 5.10 Å². The zero-order valence-corrected chi connectivity index (χ0v) is 20.5. The SMILES string of the molecule is COC(=O)c1c(-c2ccc(OC)cc2S(=O)(=O)c2ccccc2)nn(-c2ccccc2)c1C(=O)OC. The number of aromatic nitrogens is 2. The van der Waals surface area contributed by atoms with Crippen LogP contribution in [0.15, 0.2) is 88.7 Å². The summed E-state index contributed by atoms with van der Waals surface area (Å²) in [5, 5.41) is 4.52. The van der Waals surface area contributed by atoms with E-state index in [-0.39, 0.29) is 38.1 Å². The van der Waals surface area contributed by atoms with Crippen molar-refractivity contribution < 1.29 is 32.2 Å². The van der Waals surface area contributed by atoms with Crippen molar-refractivity contribution >= 4 is 21.8 Å². The minimum Gasteiger partial charge on any atom is -0.497 e. The van der Waals surface area contributed by atoms with E-state index in [2.05, 4.69) is 5.10 Å². The predicted molar refractivity (Wildman–Crippen MR) is 130 cm³/mol. The summed E-state index contributed by atoms with van der Waals surface area (Å²) in [5.74, 6) is -1.45. The Morgan fingerprint density at radius 2 is 1.42 bits per heavy atom. The van der Waals surface area contributed by atoms with Gasteiger partial charge in [0.05, 0.1) is 36.8 Å². The molecule has 0 unspecified atom stereocenters. The molecular formula is C26H22N2O7S. The number of benzene rings is 3. The van der Waals surface area contributed by atoms with Crippen LogP contribution in [0.4, 0.5) is 0 Å². The second-order valence-electron chi connectivity index (χ2n) is 7.48. The monoisotopic (exact) mass is 506 g/mol. The van der Waals surface area contributed by atoms with Crippen molar-refractivity contribution in [2.75, 3.05) is 21.3 Å². The van der Waals surface area contributed by atoms with Gasteiger partial charge < -0.3 is 14.2 Å². The molecule has 1 aromatic heterocycles. The van der Waals surface area contributed by atoms with Gasteiger partial charge in [-0.15, -0.1) is 0 Å². The summed E-state index contributed by atoms with van der Waals surface area (Å²) in [6.07, 6.45) is 0. The molecule has 0 amide bonds. The minimum atomic E-state index is -4.09. The van der Waals surface area contributed by atoms with Crippen LogP contribution in [-0.2, 0) is 19.3 Å². The van der Waals surface area contributed by atoms with E-state index in [0.29, 0.717) is 5.69 Å². The fourth-order valence-corrected chi connectivity index (χ4v) is 5.21. The van der Waals surface area contributed by atoms with E-state index in [0.717, 1.165) is 7.11 Å². The number of esters is 2. The summed E-state index contributed by atoms with van der Waals surface area (Å²) in [7, 11) is -0.355. The van der Waals surface area contributed by atoms with Gasteiger partial charge in [-0.25, -0.2) is 22.7 Å². The highest BCUT2D eigenvalue weighted by atomic mass is 32.2. The van der Waals surface area contributed by atoms with Crippen molar-refractivity contribution in [2.24, 2.45) is 0 Å². The highest BCUT2D eigenvalue weighted by Crippen LogP contribution is 2.37. The summed E-state index contributed by atoms with van der Waals surface area (Å²) < 4.78 is 43.8. The number of rotatable bonds is 7. The molecule has 0 N–H and O–H groups in total. The maximum absolute atomic E-state index is 13.7. The number of para-hydroxylation sites is 1. The Balaban J connectivity index is 2.10. The highest BCUT2D eigenvalue weighted by molar-refractivity contribution is 7.91. The molecular weight excluding hydrogens is 484 g/mol. The van der Waals surface area contributed by atoms with Crippen LogP contribution in [0.1, 0.15) is 20.8 Å². The van der Waals surface area contributed by atoms with Gasteiger partial charge >= 0.3 is 11.9 Å². The molecule has 0 aliphatic rings. The van der Waals surface area contributed by atoms with E-state index in [4.69, 9.17) is 14.2 Å². The molecule has 3 aromatic carbocycles. The topological polar surface area (TPSA) is 114 Å². The van der Waals surface area contributed by atoms with Crippen molar-refractivity contribution in [1.82, 2.24) is 9.78 Å². The molecule has 9 nitrogen and oxygen atoms in total. The third-order valence-electron chi connectivity index (χ3n) is 5.44. The van der Waals surface area contributed by atoms with E-state index in [9.17, 15) is 18.0 Å². The van der Waals surface area contributed by atoms with E-state index >= 15 is 0 Å². The van der Waals surface area contributed by atoms with Crippen molar-refractivity contribution in [2.45, 2.75) is 9.79 Å². The molecule has 4 aromatic rings. The molecule has 0 bridgehead atoms. The Labute approximate surface area is 207 Å². The summed E-state index contributed by atoms with van der Waals surface area (Å²) in [6, 6.07) is 20.8. The van der Waals surface area contributed by atoms with E-state index in [1.165, 1.54) is 43.2 Å². The van der Waals surface area contributed by atoms with Gasteiger partial charge in [0.25, 0.3) is 0 Å². The summed E-state index contributed by atoms with van der Waals surface area (Å²) in [4.78, 5) is 25.7. The smallest absolute Gasteiger partial charge is 0.357 e. The van der Waals surface area contributed by atoms with Crippen LogP contribution in [-0.4, -0.2) is 51.5 Å². The average Bonchev–Trinajstić information content (AvgIpc) is 3.33. The predicted octanol–water partition coefficient (Wildman–Crippen LogP) is 3.95. The molecule has 0 fully saturated rings. The fraction of sp³-hybridized carbons (Fsp3) is 0.115. The number of carbonyl (C=O) groups is 2. The number of methoxy groups -OCH3 is 3. The highest BCUT2D eigenvalue weighted by Gasteiger charge is 2.34. The number of nitrogens with zero attached hydrogens (tertiary/aromatic N) is 2. The standard InChI is InChI=1S/C26H22N2O7S/c1-33-18-14-15-20(21(16-18)36(31,32)19-12-8-5-9-13-19)23-22(25(29)34-2)24(26(30)35-3)28(27-23)17-10-6-4-7-11-17/h4-16H,1-3H3. The number of ether oxygens (including phenoxy) is 3. The van der Waals surface area contributed by atoms with Gasteiger partial charge in [0.15, 0.2) is 5.69 Å². The van der Waals surface area contributed by atoms with E-state index in [1.54, 1.807) is 54.6 Å². The lowest BCUT2D eigenvalue weighted by molar-refractivity contribution is 0.0549. The third-order valence-corrected chi connectivity index (χ3v) is 7.25. The second-order valence-corrected chi connectivity index (χ2v) is 9.40. The Morgan fingerprint density at radius 3 is 2.00 bits per heavy atom. The summed E-state index contributed by atoms with van der Waals surface area (Å²) >= 11 is 0. The Hall–Kier alpha value is -4.44. The molecule has 0 radical (unpaired) electrons. The van der Waals surface area contributed by atoms with E-state index in [1.807, 2.05) is 0 Å². The van der Waals surface area contributed by atoms with Crippen molar-refractivity contribution in [3.05, 3.63) is 90.1 Å². The average molecular weight is 507 g/mol. The largest absolute Gasteiger partial charge is 0.497 e. The van der Waals surface area contributed by atoms with Crippen LogP contribution >= 0.6 is 0 Å². The van der Waals surface area contributed by atoms with Crippen molar-refractivity contribution in [3.63, 3.8) is 0 Å². The molecule has 0 atom stereocenters. The Morgan fingerprint density at radius 1 is 0.806 bits per heavy atom. The maximum Gasteiger partial charge on any atom is 0.357 e. The number of hydrogen-bond donors (Lipinski definition) is 0. The minimum absolute atomic E-state index is 0.0369. The molecule has 0 saturated carbocycles. The first kappa shape index (κ1) is 24.7. The molecule has 0 saturated heterocycles. The number of sulfone groups is 1. The van der Waals surface area contributed by atoms with Crippen LogP contribution in [0.2, 0.25) is 0 Å². The molecule has 1 heterocycles. The van der Waals surface area contributed by atoms with Gasteiger partial charge in [-0.3, -0.25) is 0 Å². The molecule has 0 spiro atoms. The zero-order chi connectivity index (χ0) is 25.9. The number of hydrogen-bond acceptors (Lipinski definition) is 8. The molecule has 36 heavy (non-hydrogen) atoms. The zero-order valence-electron chi connectivity index (χ0n) is 19.7. The van der Waals surface area contributed by atoms with Crippen LogP contribution in [0, 0.1) is 0 Å². The van der Waals surface area contributed by atoms with Gasteiger partial charge in [-0.1, -0.05) is 36.4 Å². The lowest BCUT2D eigenvalue weighted by atomic mass is 10.1. The van der Waals surface area contributed by atoms with Gasteiger partial charge in [0, 0.05) is 5.56 Å². The van der Waals surface area contributed by atoms with Crippen molar-refractivity contribution in [1.29, 1.82) is 0 Å². The molecule has 10 heteroatoms. The Bertz CT molecular complexity index is 1530. The molecule has 4 rings (SSSR count). The first-order chi connectivity index (χ1) is 17.3. The summed E-state index contributed by atoms with van der Waals surface area (Å²) in [5.41, 5.74) is 0.0331. The maximum atomic E-state index is 13.7. The van der Waals surface area contributed by atoms with Crippen LogP contribution < -0.4 is 4.74 Å². The lowest BCUT2D eigenvalue weighted by Crippen LogP contribution is -2.15. The number of carbonyl (C=O) groups excluding carboxylic acids is 2.